The zero-order chi connectivity index (χ0) is 10.0. The van der Waals surface area contributed by atoms with Gasteiger partial charge in [-0.1, -0.05) is 20.3 Å². The van der Waals surface area contributed by atoms with Crippen LogP contribution in [0.3, 0.4) is 0 Å². The molecule has 0 saturated carbocycles. The quantitative estimate of drug-likeness (QED) is 0.811. The molecule has 0 fully saturated rings. The zero-order valence-corrected chi connectivity index (χ0v) is 9.61. The van der Waals surface area contributed by atoms with Gasteiger partial charge in [-0.25, -0.2) is 4.98 Å². The maximum atomic E-state index is 6.13. The van der Waals surface area contributed by atoms with Gasteiger partial charge in [0.2, 0.25) is 0 Å². The van der Waals surface area contributed by atoms with Gasteiger partial charge in [0.1, 0.15) is 0 Å². The third kappa shape index (κ3) is 2.29. The second-order valence-corrected chi connectivity index (χ2v) is 4.83. The number of hydrogen-bond donors (Lipinski definition) is 1. The van der Waals surface area contributed by atoms with Crippen LogP contribution in [0.2, 0.25) is 0 Å². The van der Waals surface area contributed by atoms with Crippen molar-refractivity contribution in [1.82, 2.24) is 4.98 Å². The Morgan fingerprint density at radius 2 is 2.08 bits per heavy atom. The number of nitrogens with two attached hydrogens (primary N) is 1. The van der Waals surface area contributed by atoms with Crippen molar-refractivity contribution in [3.63, 3.8) is 0 Å². The Labute approximate surface area is 84.2 Å². The Morgan fingerprint density at radius 3 is 2.46 bits per heavy atom. The van der Waals surface area contributed by atoms with Crippen LogP contribution in [0.1, 0.15) is 41.9 Å². The van der Waals surface area contributed by atoms with Crippen LogP contribution in [0.4, 0.5) is 0 Å². The van der Waals surface area contributed by atoms with Gasteiger partial charge in [0.15, 0.2) is 0 Å². The molecule has 0 amide bonds. The van der Waals surface area contributed by atoms with E-state index >= 15 is 0 Å². The fraction of sp³-hybridized carbons (Fsp3) is 0.700. The topological polar surface area (TPSA) is 38.9 Å². The summed E-state index contributed by atoms with van der Waals surface area (Å²) in [6.45, 7) is 8.44. The van der Waals surface area contributed by atoms with Crippen LogP contribution < -0.4 is 5.73 Å². The van der Waals surface area contributed by atoms with Gasteiger partial charge >= 0.3 is 0 Å². The molecule has 1 aromatic heterocycles. The highest BCUT2D eigenvalue weighted by Gasteiger charge is 2.18. The van der Waals surface area contributed by atoms with Crippen molar-refractivity contribution in [2.45, 2.75) is 40.2 Å². The largest absolute Gasteiger partial charge is 0.323 e. The molecule has 13 heavy (non-hydrogen) atoms. The van der Waals surface area contributed by atoms with Gasteiger partial charge in [-0.3, -0.25) is 0 Å². The third-order valence-corrected chi connectivity index (χ3v) is 3.67. The zero-order valence-electron chi connectivity index (χ0n) is 8.79. The minimum Gasteiger partial charge on any atom is -0.323 e. The maximum Gasteiger partial charge on any atom is 0.0900 e. The molecule has 0 saturated heterocycles. The molecule has 0 aromatic carbocycles. The third-order valence-electron chi connectivity index (χ3n) is 2.50. The summed E-state index contributed by atoms with van der Waals surface area (Å²) >= 11 is 1.73. The number of aryl methyl sites for hydroxylation is 2. The Balaban J connectivity index is 2.87. The van der Waals surface area contributed by atoms with E-state index in [0.717, 1.165) is 17.1 Å². The summed E-state index contributed by atoms with van der Waals surface area (Å²) in [6.07, 6.45) is 1.12. The highest BCUT2D eigenvalue weighted by atomic mass is 32.1. The van der Waals surface area contributed by atoms with Gasteiger partial charge in [0, 0.05) is 10.9 Å². The Hall–Kier alpha value is -0.410. The summed E-state index contributed by atoms with van der Waals surface area (Å²) in [5, 5.41) is 1.12. The molecule has 74 valence electrons. The smallest absolute Gasteiger partial charge is 0.0900 e. The van der Waals surface area contributed by atoms with Crippen molar-refractivity contribution in [1.29, 1.82) is 0 Å². The molecule has 3 heteroatoms. The summed E-state index contributed by atoms with van der Waals surface area (Å²) in [7, 11) is 0. The van der Waals surface area contributed by atoms with Gasteiger partial charge in [0.25, 0.3) is 0 Å². The standard InChI is InChI=1S/C10H18N2S/c1-5-6(2)9(11)10-7(3)12-8(4)13-10/h6,9H,5,11H2,1-4H3. The maximum absolute atomic E-state index is 6.13. The number of rotatable bonds is 3. The molecule has 0 aliphatic carbocycles. The first-order valence-corrected chi connectivity index (χ1v) is 5.57. The van der Waals surface area contributed by atoms with Crippen LogP contribution in [0.25, 0.3) is 0 Å². The van der Waals surface area contributed by atoms with E-state index < -0.39 is 0 Å². The SMILES string of the molecule is CCC(C)C(N)c1sc(C)nc1C. The fourth-order valence-corrected chi connectivity index (χ4v) is 2.43. The van der Waals surface area contributed by atoms with E-state index in [1.54, 1.807) is 11.3 Å². The van der Waals surface area contributed by atoms with E-state index in [-0.39, 0.29) is 6.04 Å². The van der Waals surface area contributed by atoms with Crippen molar-refractivity contribution >= 4 is 11.3 Å². The molecule has 0 radical (unpaired) electrons. The van der Waals surface area contributed by atoms with E-state index in [1.807, 2.05) is 13.8 Å². The van der Waals surface area contributed by atoms with E-state index in [0.29, 0.717) is 5.92 Å². The molecular weight excluding hydrogens is 180 g/mol. The number of thiazole rings is 1. The molecule has 2 atom stereocenters. The van der Waals surface area contributed by atoms with Gasteiger partial charge in [-0.2, -0.15) is 0 Å². The molecule has 1 heterocycles. The van der Waals surface area contributed by atoms with Gasteiger partial charge < -0.3 is 5.73 Å². The van der Waals surface area contributed by atoms with Gasteiger partial charge in [0.05, 0.1) is 10.7 Å². The van der Waals surface area contributed by atoms with E-state index in [1.165, 1.54) is 4.88 Å². The first kappa shape index (κ1) is 10.7. The van der Waals surface area contributed by atoms with Crippen molar-refractivity contribution < 1.29 is 0 Å². The van der Waals surface area contributed by atoms with Crippen LogP contribution in [-0.2, 0) is 0 Å². The highest BCUT2D eigenvalue weighted by molar-refractivity contribution is 7.11. The van der Waals surface area contributed by atoms with E-state index in [4.69, 9.17) is 5.73 Å². The second kappa shape index (κ2) is 4.20. The minimum absolute atomic E-state index is 0.163. The predicted molar refractivity (Wildman–Crippen MR) is 58.0 cm³/mol. The number of hydrogen-bond acceptors (Lipinski definition) is 3. The average Bonchev–Trinajstić information content (AvgIpc) is 2.42. The van der Waals surface area contributed by atoms with Gasteiger partial charge in [-0.05, 0) is 19.8 Å². The molecule has 2 N–H and O–H groups in total. The Morgan fingerprint density at radius 1 is 1.46 bits per heavy atom. The van der Waals surface area contributed by atoms with Crippen molar-refractivity contribution in [2.75, 3.05) is 0 Å². The summed E-state index contributed by atoms with van der Waals surface area (Å²) in [6, 6.07) is 0.163. The minimum atomic E-state index is 0.163. The summed E-state index contributed by atoms with van der Waals surface area (Å²) in [5.74, 6) is 0.540. The molecule has 0 bridgehead atoms. The van der Waals surface area contributed by atoms with Crippen molar-refractivity contribution in [3.8, 4) is 0 Å². The lowest BCUT2D eigenvalue weighted by atomic mass is 9.98. The molecule has 0 aliphatic rings. The summed E-state index contributed by atoms with van der Waals surface area (Å²) in [4.78, 5) is 5.64. The lowest BCUT2D eigenvalue weighted by Gasteiger charge is -2.16. The molecule has 0 aliphatic heterocycles. The summed E-state index contributed by atoms with van der Waals surface area (Å²) in [5.41, 5.74) is 7.24. The van der Waals surface area contributed by atoms with Crippen molar-refractivity contribution in [2.24, 2.45) is 11.7 Å². The first-order valence-electron chi connectivity index (χ1n) is 4.75. The van der Waals surface area contributed by atoms with Crippen LogP contribution >= 0.6 is 11.3 Å². The molecular formula is C10H18N2S. The fourth-order valence-electron chi connectivity index (χ4n) is 1.37. The van der Waals surface area contributed by atoms with Crippen molar-refractivity contribution in [3.05, 3.63) is 15.6 Å². The molecule has 2 nitrogen and oxygen atoms in total. The van der Waals surface area contributed by atoms with Crippen LogP contribution in [0, 0.1) is 19.8 Å². The van der Waals surface area contributed by atoms with Crippen LogP contribution in [0.5, 0.6) is 0 Å². The lowest BCUT2D eigenvalue weighted by Crippen LogP contribution is -2.18. The number of nitrogens with zero attached hydrogens (tertiary/aromatic N) is 1. The molecule has 0 spiro atoms. The lowest BCUT2D eigenvalue weighted by molar-refractivity contribution is 0.460. The summed E-state index contributed by atoms with van der Waals surface area (Å²) < 4.78 is 0. The molecule has 1 aromatic rings. The normalized spacial score (nSPS) is 15.8. The monoisotopic (exact) mass is 198 g/mol. The second-order valence-electron chi connectivity index (χ2n) is 3.59. The number of aromatic nitrogens is 1. The highest BCUT2D eigenvalue weighted by Crippen LogP contribution is 2.29. The van der Waals surface area contributed by atoms with E-state index in [9.17, 15) is 0 Å². The first-order chi connectivity index (χ1) is 6.06. The van der Waals surface area contributed by atoms with Gasteiger partial charge in [-0.15, -0.1) is 11.3 Å². The Kier molecular flexibility index (Phi) is 3.45. The average molecular weight is 198 g/mol. The van der Waals surface area contributed by atoms with Crippen LogP contribution in [-0.4, -0.2) is 4.98 Å². The van der Waals surface area contributed by atoms with E-state index in [2.05, 4.69) is 18.8 Å². The molecule has 2 unspecified atom stereocenters. The predicted octanol–water partition coefficient (Wildman–Crippen LogP) is 2.81. The molecule has 1 rings (SSSR count). The Bertz CT molecular complexity index is 280. The van der Waals surface area contributed by atoms with Crippen LogP contribution in [0.15, 0.2) is 0 Å².